The lowest BCUT2D eigenvalue weighted by Crippen LogP contribution is -2.50. The van der Waals surface area contributed by atoms with Crippen LogP contribution in [-0.2, 0) is 4.79 Å². The number of aliphatic carboxylic acids is 1. The predicted octanol–water partition coefficient (Wildman–Crippen LogP) is 0.879. The van der Waals surface area contributed by atoms with Crippen LogP contribution in [0.15, 0.2) is 0 Å². The summed E-state index contributed by atoms with van der Waals surface area (Å²) in [6, 6.07) is 0. The van der Waals surface area contributed by atoms with Crippen molar-refractivity contribution >= 4 is 23.8 Å². The number of nitrogens with one attached hydrogen (secondary N) is 1. The summed E-state index contributed by atoms with van der Waals surface area (Å²) in [5.41, 5.74) is -1.20. The van der Waals surface area contributed by atoms with Crippen molar-refractivity contribution in [1.82, 2.24) is 5.32 Å². The maximum absolute atomic E-state index is 10.5. The summed E-state index contributed by atoms with van der Waals surface area (Å²) in [6.07, 6.45) is 0.328. The van der Waals surface area contributed by atoms with Crippen LogP contribution in [0.1, 0.15) is 20.3 Å². The normalized spacial score (nSPS) is 15.2. The van der Waals surface area contributed by atoms with E-state index < -0.39 is 16.7 Å². The molecule has 0 saturated heterocycles. The number of hydrogen-bond donors (Lipinski definition) is 3. The molecule has 2 N–H and O–H groups in total. The van der Waals surface area contributed by atoms with Gasteiger partial charge in [-0.25, -0.2) is 4.79 Å². The van der Waals surface area contributed by atoms with E-state index in [1.165, 1.54) is 6.92 Å². The van der Waals surface area contributed by atoms with Gasteiger partial charge in [0.2, 0.25) is 0 Å². The lowest BCUT2D eigenvalue weighted by Gasteiger charge is -2.22. The minimum absolute atomic E-state index is 0.328. The average Bonchev–Trinajstić information content (AvgIpc) is 1.86. The third kappa shape index (κ3) is 2.80. The van der Waals surface area contributed by atoms with Crippen LogP contribution in [0.25, 0.3) is 0 Å². The lowest BCUT2D eigenvalue weighted by atomic mass is 10.0. The molecule has 0 fully saturated rings. The molecular weight excluding hydrogens is 166 g/mol. The van der Waals surface area contributed by atoms with E-state index in [4.69, 9.17) is 5.11 Å². The van der Waals surface area contributed by atoms with Crippen LogP contribution >= 0.6 is 12.6 Å². The number of amides is 1. The van der Waals surface area contributed by atoms with Gasteiger partial charge in [-0.3, -0.25) is 4.79 Å². The van der Waals surface area contributed by atoms with Crippen LogP contribution in [0.3, 0.4) is 0 Å². The van der Waals surface area contributed by atoms with Gasteiger partial charge in [-0.2, -0.15) is 0 Å². The first-order chi connectivity index (χ1) is 4.92. The van der Waals surface area contributed by atoms with E-state index in [1.807, 2.05) is 0 Å². The zero-order chi connectivity index (χ0) is 9.07. The Hall–Kier alpha value is -0.710. The van der Waals surface area contributed by atoms with Gasteiger partial charge in [0.25, 0.3) is 5.24 Å². The molecule has 0 radical (unpaired) electrons. The van der Waals surface area contributed by atoms with Gasteiger partial charge in [0.05, 0.1) is 0 Å². The first kappa shape index (κ1) is 10.3. The molecule has 5 heteroatoms. The zero-order valence-corrected chi connectivity index (χ0v) is 7.31. The molecule has 11 heavy (non-hydrogen) atoms. The average molecular weight is 177 g/mol. The summed E-state index contributed by atoms with van der Waals surface area (Å²) >= 11 is 3.43. The second-order valence-electron chi connectivity index (χ2n) is 2.42. The molecule has 0 aromatic carbocycles. The number of carboxylic acid groups (broad SMARTS) is 1. The number of carboxylic acids is 1. The highest BCUT2D eigenvalue weighted by Crippen LogP contribution is 2.09. The fraction of sp³-hybridized carbons (Fsp3) is 0.667. The van der Waals surface area contributed by atoms with Gasteiger partial charge in [-0.15, -0.1) is 0 Å². The summed E-state index contributed by atoms with van der Waals surface area (Å²) in [7, 11) is 0. The van der Waals surface area contributed by atoms with E-state index in [0.29, 0.717) is 6.42 Å². The monoisotopic (exact) mass is 177 g/mol. The van der Waals surface area contributed by atoms with Crippen molar-refractivity contribution in [2.24, 2.45) is 0 Å². The Morgan fingerprint density at radius 3 is 2.18 bits per heavy atom. The quantitative estimate of drug-likeness (QED) is 0.560. The Morgan fingerprint density at radius 2 is 2.09 bits per heavy atom. The van der Waals surface area contributed by atoms with Gasteiger partial charge in [-0.1, -0.05) is 19.6 Å². The van der Waals surface area contributed by atoms with Gasteiger partial charge in [-0.05, 0) is 13.3 Å². The molecule has 0 aliphatic rings. The molecular formula is C6H11NO3S. The van der Waals surface area contributed by atoms with Gasteiger partial charge < -0.3 is 10.4 Å². The number of carbonyl (C=O) groups excluding carboxylic acids is 1. The Bertz CT molecular complexity index is 183. The Morgan fingerprint density at radius 1 is 1.64 bits per heavy atom. The molecule has 0 bridgehead atoms. The second-order valence-corrected chi connectivity index (χ2v) is 2.83. The van der Waals surface area contributed by atoms with Crippen molar-refractivity contribution < 1.29 is 14.7 Å². The predicted molar refractivity (Wildman–Crippen MR) is 43.8 cm³/mol. The van der Waals surface area contributed by atoms with Crippen molar-refractivity contribution in [2.75, 3.05) is 0 Å². The lowest BCUT2D eigenvalue weighted by molar-refractivity contribution is -0.143. The van der Waals surface area contributed by atoms with Gasteiger partial charge in [0.1, 0.15) is 5.54 Å². The molecule has 0 spiro atoms. The van der Waals surface area contributed by atoms with Gasteiger partial charge in [0, 0.05) is 0 Å². The second kappa shape index (κ2) is 3.61. The summed E-state index contributed by atoms with van der Waals surface area (Å²) in [4.78, 5) is 21.0. The molecule has 1 unspecified atom stereocenters. The number of carbonyl (C=O) groups is 2. The van der Waals surface area contributed by atoms with E-state index in [1.54, 1.807) is 6.92 Å². The molecule has 64 valence electrons. The van der Waals surface area contributed by atoms with E-state index >= 15 is 0 Å². The Labute approximate surface area is 70.4 Å². The number of hydrogen-bond acceptors (Lipinski definition) is 2. The molecule has 4 nitrogen and oxygen atoms in total. The molecule has 0 aromatic heterocycles. The topological polar surface area (TPSA) is 66.4 Å². The Balaban J connectivity index is 4.34. The highest BCUT2D eigenvalue weighted by Gasteiger charge is 2.31. The summed E-state index contributed by atoms with van der Waals surface area (Å²) in [5.74, 6) is -1.05. The van der Waals surface area contributed by atoms with Crippen LogP contribution in [0.4, 0.5) is 4.79 Å². The van der Waals surface area contributed by atoms with Crippen LogP contribution in [0.5, 0.6) is 0 Å². The molecule has 0 saturated carbocycles. The highest BCUT2D eigenvalue weighted by atomic mass is 32.1. The maximum Gasteiger partial charge on any atom is 0.329 e. The number of rotatable bonds is 3. The molecule has 0 rings (SSSR count). The first-order valence-corrected chi connectivity index (χ1v) is 3.61. The standard InChI is InChI=1S/C6H11NO3S/c1-3-6(2,4(8)9)7-5(10)11/h3H2,1-2H3,(H,8,9)(H2,7,10,11). The molecule has 0 aliphatic carbocycles. The van der Waals surface area contributed by atoms with E-state index in [-0.39, 0.29) is 0 Å². The van der Waals surface area contributed by atoms with E-state index in [0.717, 1.165) is 0 Å². The van der Waals surface area contributed by atoms with Crippen molar-refractivity contribution in [2.45, 2.75) is 25.8 Å². The van der Waals surface area contributed by atoms with Gasteiger partial charge >= 0.3 is 5.97 Å². The smallest absolute Gasteiger partial charge is 0.329 e. The van der Waals surface area contributed by atoms with Crippen LogP contribution < -0.4 is 5.32 Å². The Kier molecular flexibility index (Phi) is 3.38. The molecule has 1 amide bonds. The van der Waals surface area contributed by atoms with Crippen molar-refractivity contribution in [3.63, 3.8) is 0 Å². The van der Waals surface area contributed by atoms with E-state index in [9.17, 15) is 9.59 Å². The highest BCUT2D eigenvalue weighted by molar-refractivity contribution is 7.96. The van der Waals surface area contributed by atoms with Crippen LogP contribution in [0, 0.1) is 0 Å². The fourth-order valence-electron chi connectivity index (χ4n) is 0.529. The third-order valence-corrected chi connectivity index (χ3v) is 1.67. The minimum Gasteiger partial charge on any atom is -0.480 e. The van der Waals surface area contributed by atoms with Crippen LogP contribution in [0.2, 0.25) is 0 Å². The molecule has 0 aromatic rings. The SMILES string of the molecule is CCC(C)(NC(=O)S)C(=O)O. The van der Waals surface area contributed by atoms with Gasteiger partial charge in [0.15, 0.2) is 0 Å². The van der Waals surface area contributed by atoms with Crippen molar-refractivity contribution in [3.05, 3.63) is 0 Å². The summed E-state index contributed by atoms with van der Waals surface area (Å²) < 4.78 is 0. The minimum atomic E-state index is -1.20. The molecule has 0 heterocycles. The van der Waals surface area contributed by atoms with E-state index in [2.05, 4.69) is 17.9 Å². The maximum atomic E-state index is 10.5. The summed E-state index contributed by atoms with van der Waals surface area (Å²) in [6.45, 7) is 3.11. The molecule has 0 aliphatic heterocycles. The summed E-state index contributed by atoms with van der Waals surface area (Å²) in [5, 5.41) is 10.2. The zero-order valence-electron chi connectivity index (χ0n) is 6.42. The fourth-order valence-corrected chi connectivity index (χ4v) is 0.776. The van der Waals surface area contributed by atoms with Crippen LogP contribution in [-0.4, -0.2) is 21.9 Å². The van der Waals surface area contributed by atoms with Crippen molar-refractivity contribution in [3.8, 4) is 0 Å². The number of thiol groups is 1. The first-order valence-electron chi connectivity index (χ1n) is 3.17. The van der Waals surface area contributed by atoms with Crippen molar-refractivity contribution in [1.29, 1.82) is 0 Å². The molecule has 1 atom stereocenters. The third-order valence-electron chi connectivity index (χ3n) is 1.56. The largest absolute Gasteiger partial charge is 0.480 e.